The summed E-state index contributed by atoms with van der Waals surface area (Å²) in [5, 5.41) is 3.18. The van der Waals surface area contributed by atoms with Gasteiger partial charge in [0.25, 0.3) is 0 Å². The van der Waals surface area contributed by atoms with E-state index in [2.05, 4.69) is 53.5 Å². The van der Waals surface area contributed by atoms with E-state index in [9.17, 15) is 4.79 Å². The second-order valence-corrected chi connectivity index (χ2v) is 6.70. The number of benzene rings is 2. The summed E-state index contributed by atoms with van der Waals surface area (Å²) in [6.45, 7) is 4.91. The van der Waals surface area contributed by atoms with E-state index in [4.69, 9.17) is 0 Å². The van der Waals surface area contributed by atoms with Crippen molar-refractivity contribution in [2.24, 2.45) is 5.92 Å². The SMILES string of the molecule is C[C@H](NC(=O)[C@@H]1CCCN(Cc2ccccc2)C1)c1ccccc1. The molecule has 2 aromatic rings. The second-order valence-electron chi connectivity index (χ2n) is 6.70. The highest BCUT2D eigenvalue weighted by Crippen LogP contribution is 2.20. The van der Waals surface area contributed by atoms with Crippen molar-refractivity contribution in [1.82, 2.24) is 10.2 Å². The van der Waals surface area contributed by atoms with Gasteiger partial charge in [-0.2, -0.15) is 0 Å². The second kappa shape index (κ2) is 8.11. The molecule has 2 atom stereocenters. The van der Waals surface area contributed by atoms with Crippen LogP contribution in [-0.2, 0) is 11.3 Å². The van der Waals surface area contributed by atoms with Gasteiger partial charge in [0.2, 0.25) is 5.91 Å². The molecule has 0 saturated carbocycles. The highest BCUT2D eigenvalue weighted by molar-refractivity contribution is 5.79. The number of nitrogens with one attached hydrogen (secondary N) is 1. The number of likely N-dealkylation sites (tertiary alicyclic amines) is 1. The zero-order chi connectivity index (χ0) is 16.8. The molecule has 2 aromatic carbocycles. The molecule has 1 N–H and O–H groups in total. The van der Waals surface area contributed by atoms with Crippen LogP contribution in [0.1, 0.15) is 36.9 Å². The van der Waals surface area contributed by atoms with Gasteiger partial charge in [0.15, 0.2) is 0 Å². The predicted molar refractivity (Wildman–Crippen MR) is 97.4 cm³/mol. The fourth-order valence-corrected chi connectivity index (χ4v) is 3.41. The minimum Gasteiger partial charge on any atom is -0.349 e. The Morgan fingerprint density at radius 2 is 1.79 bits per heavy atom. The Kier molecular flexibility index (Phi) is 5.65. The summed E-state index contributed by atoms with van der Waals surface area (Å²) in [5.74, 6) is 0.276. The molecule has 3 rings (SSSR count). The Balaban J connectivity index is 1.55. The Bertz CT molecular complexity index is 641. The molecule has 0 bridgehead atoms. The molecule has 3 heteroatoms. The highest BCUT2D eigenvalue weighted by atomic mass is 16.2. The zero-order valence-electron chi connectivity index (χ0n) is 14.3. The quantitative estimate of drug-likeness (QED) is 0.908. The van der Waals surface area contributed by atoms with Gasteiger partial charge in [0, 0.05) is 13.1 Å². The van der Waals surface area contributed by atoms with Crippen molar-refractivity contribution in [1.29, 1.82) is 0 Å². The first-order valence-electron chi connectivity index (χ1n) is 8.84. The van der Waals surface area contributed by atoms with Crippen LogP contribution in [0, 0.1) is 5.92 Å². The first kappa shape index (κ1) is 16.7. The van der Waals surface area contributed by atoms with Crippen molar-refractivity contribution in [2.45, 2.75) is 32.4 Å². The Hall–Kier alpha value is -2.13. The van der Waals surface area contributed by atoms with Crippen LogP contribution < -0.4 is 5.32 Å². The molecule has 24 heavy (non-hydrogen) atoms. The van der Waals surface area contributed by atoms with E-state index in [1.807, 2.05) is 24.3 Å². The van der Waals surface area contributed by atoms with Crippen LogP contribution in [0.3, 0.4) is 0 Å². The number of rotatable bonds is 5. The number of amides is 1. The maximum absolute atomic E-state index is 12.6. The number of nitrogens with zero attached hydrogens (tertiary/aromatic N) is 1. The Labute approximate surface area is 144 Å². The van der Waals surface area contributed by atoms with Crippen LogP contribution in [0.5, 0.6) is 0 Å². The third kappa shape index (κ3) is 4.45. The van der Waals surface area contributed by atoms with Crippen molar-refractivity contribution in [3.63, 3.8) is 0 Å². The van der Waals surface area contributed by atoms with Gasteiger partial charge in [-0.15, -0.1) is 0 Å². The van der Waals surface area contributed by atoms with Gasteiger partial charge < -0.3 is 5.32 Å². The maximum Gasteiger partial charge on any atom is 0.224 e. The van der Waals surface area contributed by atoms with Gasteiger partial charge in [-0.05, 0) is 37.4 Å². The maximum atomic E-state index is 12.6. The minimum atomic E-state index is 0.0585. The third-order valence-corrected chi connectivity index (χ3v) is 4.78. The van der Waals surface area contributed by atoms with Crippen molar-refractivity contribution in [3.05, 3.63) is 71.8 Å². The van der Waals surface area contributed by atoms with Gasteiger partial charge in [0.05, 0.1) is 12.0 Å². The lowest BCUT2D eigenvalue weighted by Gasteiger charge is -2.32. The number of carbonyl (C=O) groups excluding carboxylic acids is 1. The number of piperidine rings is 1. The van der Waals surface area contributed by atoms with E-state index in [0.29, 0.717) is 0 Å². The first-order chi connectivity index (χ1) is 11.7. The van der Waals surface area contributed by atoms with E-state index < -0.39 is 0 Å². The molecule has 1 aliphatic heterocycles. The van der Waals surface area contributed by atoms with E-state index in [0.717, 1.165) is 38.0 Å². The topological polar surface area (TPSA) is 32.3 Å². The molecular weight excluding hydrogens is 296 g/mol. The molecule has 1 fully saturated rings. The largest absolute Gasteiger partial charge is 0.349 e. The Morgan fingerprint density at radius 1 is 1.12 bits per heavy atom. The molecule has 0 spiro atoms. The van der Waals surface area contributed by atoms with Crippen LogP contribution in [0.2, 0.25) is 0 Å². The van der Waals surface area contributed by atoms with Gasteiger partial charge in [-0.1, -0.05) is 60.7 Å². The normalized spacial score (nSPS) is 19.6. The smallest absolute Gasteiger partial charge is 0.224 e. The molecule has 0 aliphatic carbocycles. The summed E-state index contributed by atoms with van der Waals surface area (Å²) in [7, 11) is 0. The predicted octanol–water partition coefficient (Wildman–Crippen LogP) is 3.78. The standard InChI is InChI=1S/C21H26N2O/c1-17(19-11-6-3-7-12-19)22-21(24)20-13-8-14-23(16-20)15-18-9-4-2-5-10-18/h2-7,9-12,17,20H,8,13-16H2,1H3,(H,22,24)/t17-,20+/m0/s1. The van der Waals surface area contributed by atoms with Crippen LogP contribution in [0.15, 0.2) is 60.7 Å². The summed E-state index contributed by atoms with van der Waals surface area (Å²) in [6, 6.07) is 20.7. The summed E-state index contributed by atoms with van der Waals surface area (Å²) < 4.78 is 0. The lowest BCUT2D eigenvalue weighted by atomic mass is 9.96. The van der Waals surface area contributed by atoms with E-state index in [-0.39, 0.29) is 17.9 Å². The molecule has 1 aliphatic rings. The fourth-order valence-electron chi connectivity index (χ4n) is 3.41. The summed E-state index contributed by atoms with van der Waals surface area (Å²) in [4.78, 5) is 15.0. The van der Waals surface area contributed by atoms with Crippen LogP contribution >= 0.6 is 0 Å². The molecule has 126 valence electrons. The summed E-state index contributed by atoms with van der Waals surface area (Å²) in [6.07, 6.45) is 2.07. The number of hydrogen-bond acceptors (Lipinski definition) is 2. The molecule has 0 aromatic heterocycles. The molecule has 1 saturated heterocycles. The monoisotopic (exact) mass is 322 g/mol. The van der Waals surface area contributed by atoms with Crippen molar-refractivity contribution < 1.29 is 4.79 Å². The first-order valence-corrected chi connectivity index (χ1v) is 8.84. The van der Waals surface area contributed by atoms with Gasteiger partial charge >= 0.3 is 0 Å². The lowest BCUT2D eigenvalue weighted by molar-refractivity contribution is -0.127. The van der Waals surface area contributed by atoms with E-state index >= 15 is 0 Å². The van der Waals surface area contributed by atoms with E-state index in [1.54, 1.807) is 0 Å². The number of hydrogen-bond donors (Lipinski definition) is 1. The van der Waals surface area contributed by atoms with Crippen LogP contribution in [0.25, 0.3) is 0 Å². The minimum absolute atomic E-state index is 0.0585. The summed E-state index contributed by atoms with van der Waals surface area (Å²) >= 11 is 0. The highest BCUT2D eigenvalue weighted by Gasteiger charge is 2.26. The average molecular weight is 322 g/mol. The summed E-state index contributed by atoms with van der Waals surface area (Å²) in [5.41, 5.74) is 2.47. The van der Waals surface area contributed by atoms with Crippen LogP contribution in [0.4, 0.5) is 0 Å². The number of carbonyl (C=O) groups is 1. The fraction of sp³-hybridized carbons (Fsp3) is 0.381. The molecule has 3 nitrogen and oxygen atoms in total. The molecule has 1 heterocycles. The average Bonchev–Trinajstić information content (AvgIpc) is 2.63. The molecular formula is C21H26N2O. The van der Waals surface area contributed by atoms with Crippen LogP contribution in [-0.4, -0.2) is 23.9 Å². The molecule has 0 radical (unpaired) electrons. The van der Waals surface area contributed by atoms with Crippen molar-refractivity contribution >= 4 is 5.91 Å². The van der Waals surface area contributed by atoms with Gasteiger partial charge in [0.1, 0.15) is 0 Å². The van der Waals surface area contributed by atoms with Crippen molar-refractivity contribution in [2.75, 3.05) is 13.1 Å². The van der Waals surface area contributed by atoms with Gasteiger partial charge in [-0.25, -0.2) is 0 Å². The zero-order valence-corrected chi connectivity index (χ0v) is 14.3. The third-order valence-electron chi connectivity index (χ3n) is 4.78. The molecule has 1 amide bonds. The molecule has 0 unspecified atom stereocenters. The lowest BCUT2D eigenvalue weighted by Crippen LogP contribution is -2.43. The van der Waals surface area contributed by atoms with E-state index in [1.165, 1.54) is 5.56 Å². The van der Waals surface area contributed by atoms with Gasteiger partial charge in [-0.3, -0.25) is 9.69 Å². The van der Waals surface area contributed by atoms with Crippen molar-refractivity contribution in [3.8, 4) is 0 Å². The Morgan fingerprint density at radius 3 is 2.50 bits per heavy atom.